The Bertz CT molecular complexity index is 1670. The molecule has 0 bridgehead atoms. The number of halogens is 1. The van der Waals surface area contributed by atoms with Gasteiger partial charge in [0.25, 0.3) is 0 Å². The van der Waals surface area contributed by atoms with Gasteiger partial charge in [-0.25, -0.2) is 19.1 Å². The molecule has 1 fully saturated rings. The maximum Gasteiger partial charge on any atom is 0.425 e. The van der Waals surface area contributed by atoms with Gasteiger partial charge in [-0.2, -0.15) is 4.98 Å². The molecule has 0 spiro atoms. The van der Waals surface area contributed by atoms with Crippen LogP contribution in [0.25, 0.3) is 0 Å². The second-order valence-corrected chi connectivity index (χ2v) is 11.0. The highest BCUT2D eigenvalue weighted by molar-refractivity contribution is 5.98. The lowest BCUT2D eigenvalue weighted by Gasteiger charge is -2.29. The quantitative estimate of drug-likeness (QED) is 0.191. The van der Waals surface area contributed by atoms with E-state index >= 15 is 4.39 Å². The highest BCUT2D eigenvalue weighted by Crippen LogP contribution is 2.38. The molecule has 1 N–H and O–H groups in total. The van der Waals surface area contributed by atoms with Crippen molar-refractivity contribution in [3.05, 3.63) is 78.2 Å². The highest BCUT2D eigenvalue weighted by Gasteiger charge is 2.27. The minimum Gasteiger partial charge on any atom is -0.497 e. The molecule has 0 saturated carbocycles. The average Bonchev–Trinajstić information content (AvgIpc) is 3.05. The van der Waals surface area contributed by atoms with Gasteiger partial charge in [0.15, 0.2) is 23.1 Å². The van der Waals surface area contributed by atoms with Gasteiger partial charge in [-0.15, -0.1) is 0 Å². The van der Waals surface area contributed by atoms with Crippen LogP contribution in [0.1, 0.15) is 18.4 Å². The summed E-state index contributed by atoms with van der Waals surface area (Å²) >= 11 is 0. The number of methoxy groups -OCH3 is 3. The Labute approximate surface area is 267 Å². The minimum atomic E-state index is -0.784. The Morgan fingerprint density at radius 2 is 1.78 bits per heavy atom. The zero-order chi connectivity index (χ0) is 32.6. The second kappa shape index (κ2) is 14.8. The van der Waals surface area contributed by atoms with Crippen molar-refractivity contribution >= 4 is 29.2 Å². The first kappa shape index (κ1) is 32.3. The largest absolute Gasteiger partial charge is 0.497 e. The summed E-state index contributed by atoms with van der Waals surface area (Å²) in [6, 6.07) is 16.4. The summed E-state index contributed by atoms with van der Waals surface area (Å²) < 4.78 is 43.0. The van der Waals surface area contributed by atoms with E-state index in [9.17, 15) is 4.79 Å². The van der Waals surface area contributed by atoms with Crippen molar-refractivity contribution in [3.8, 4) is 28.7 Å². The fourth-order valence-electron chi connectivity index (χ4n) is 5.26. The first-order valence-electron chi connectivity index (χ1n) is 14.9. The van der Waals surface area contributed by atoms with Crippen molar-refractivity contribution in [1.29, 1.82) is 0 Å². The summed E-state index contributed by atoms with van der Waals surface area (Å²) in [5, 5.41) is 3.02. The average molecular weight is 632 g/mol. The third-order valence-electron chi connectivity index (χ3n) is 7.58. The SMILES string of the molecule is COc1ccc(N(C(=O)Oc2cc(C)ccc2OC)c2ccnc(Nc3ccc(OCC4CCCN(C)C4)c(F)c3)n2)c(OC)c1. The Morgan fingerprint density at radius 1 is 0.978 bits per heavy atom. The van der Waals surface area contributed by atoms with Crippen molar-refractivity contribution in [2.75, 3.05) is 58.3 Å². The number of hydrogen-bond donors (Lipinski definition) is 1. The van der Waals surface area contributed by atoms with E-state index in [2.05, 4.69) is 27.2 Å². The summed E-state index contributed by atoms with van der Waals surface area (Å²) in [5.41, 5.74) is 1.61. The molecule has 1 aliphatic heterocycles. The number of rotatable bonds is 11. The van der Waals surface area contributed by atoms with Crippen molar-refractivity contribution < 1.29 is 32.9 Å². The molecule has 11 nitrogen and oxygen atoms in total. The lowest BCUT2D eigenvalue weighted by atomic mass is 10.00. The molecule has 1 amide bonds. The van der Waals surface area contributed by atoms with E-state index in [0.29, 0.717) is 41.1 Å². The molecule has 5 rings (SSSR count). The molecule has 4 aromatic rings. The summed E-state index contributed by atoms with van der Waals surface area (Å²) in [6.07, 6.45) is 2.86. The molecule has 12 heteroatoms. The van der Waals surface area contributed by atoms with Crippen molar-refractivity contribution in [1.82, 2.24) is 14.9 Å². The molecule has 3 aromatic carbocycles. The second-order valence-electron chi connectivity index (χ2n) is 11.0. The highest BCUT2D eigenvalue weighted by atomic mass is 19.1. The van der Waals surface area contributed by atoms with Crippen molar-refractivity contribution in [3.63, 3.8) is 0 Å². The van der Waals surface area contributed by atoms with Crippen LogP contribution in [0, 0.1) is 18.7 Å². The number of piperidine rings is 1. The Hall–Kier alpha value is -5.10. The number of likely N-dealkylation sites (tertiary alicyclic amines) is 1. The maximum absolute atomic E-state index is 15.0. The predicted molar refractivity (Wildman–Crippen MR) is 173 cm³/mol. The fourth-order valence-corrected chi connectivity index (χ4v) is 5.26. The van der Waals surface area contributed by atoms with Crippen LogP contribution in [0.15, 0.2) is 66.9 Å². The van der Waals surface area contributed by atoms with Crippen LogP contribution in [0.4, 0.5) is 32.3 Å². The fraction of sp³-hybridized carbons (Fsp3) is 0.324. The normalized spacial score (nSPS) is 14.7. The number of nitrogens with one attached hydrogen (secondary N) is 1. The monoisotopic (exact) mass is 631 g/mol. The van der Waals surface area contributed by atoms with Crippen LogP contribution in [-0.4, -0.2) is 69.0 Å². The summed E-state index contributed by atoms with van der Waals surface area (Å²) in [4.78, 5) is 26.2. The van der Waals surface area contributed by atoms with Crippen LogP contribution in [-0.2, 0) is 0 Å². The van der Waals surface area contributed by atoms with Gasteiger partial charge < -0.3 is 33.9 Å². The summed E-state index contributed by atoms with van der Waals surface area (Å²) in [7, 11) is 6.59. The molecule has 46 heavy (non-hydrogen) atoms. The lowest BCUT2D eigenvalue weighted by Crippen LogP contribution is -2.34. The molecule has 1 aliphatic rings. The standard InChI is InChI=1S/C34H38FN5O6/c1-22-8-12-29(43-4)31(17-22)46-34(41)40(27-11-10-25(42-3)19-30(27)44-5)32-14-15-36-33(38-32)37-24-9-13-28(26(35)18-24)45-21-23-7-6-16-39(2)20-23/h8-15,17-19,23H,6-7,16,20-21H2,1-5H3,(H,36,37,38). The first-order valence-corrected chi connectivity index (χ1v) is 14.9. The van der Waals surface area contributed by atoms with Gasteiger partial charge in [-0.3, -0.25) is 0 Å². The van der Waals surface area contributed by atoms with Crippen LogP contribution in [0.3, 0.4) is 0 Å². The van der Waals surface area contributed by atoms with Crippen molar-refractivity contribution in [2.24, 2.45) is 5.92 Å². The Kier molecular flexibility index (Phi) is 10.4. The van der Waals surface area contributed by atoms with E-state index in [1.807, 2.05) is 13.0 Å². The first-order chi connectivity index (χ1) is 22.3. The lowest BCUT2D eigenvalue weighted by molar-refractivity contribution is 0.147. The summed E-state index contributed by atoms with van der Waals surface area (Å²) in [6.45, 7) is 4.33. The van der Waals surface area contributed by atoms with E-state index in [0.717, 1.165) is 31.5 Å². The van der Waals surface area contributed by atoms with Gasteiger partial charge in [0.2, 0.25) is 5.95 Å². The zero-order valence-corrected chi connectivity index (χ0v) is 26.6. The number of hydrogen-bond acceptors (Lipinski definition) is 10. The van der Waals surface area contributed by atoms with Gasteiger partial charge in [-0.05, 0) is 75.3 Å². The van der Waals surface area contributed by atoms with E-state index in [1.54, 1.807) is 48.5 Å². The molecular formula is C34H38FN5O6. The molecule has 1 unspecified atom stereocenters. The van der Waals surface area contributed by atoms with Crippen LogP contribution in [0.5, 0.6) is 28.7 Å². The van der Waals surface area contributed by atoms with Gasteiger partial charge in [-0.1, -0.05) is 6.07 Å². The van der Waals surface area contributed by atoms with Gasteiger partial charge >= 0.3 is 6.09 Å². The maximum atomic E-state index is 15.0. The number of benzene rings is 3. The Morgan fingerprint density at radius 3 is 2.52 bits per heavy atom. The third-order valence-corrected chi connectivity index (χ3v) is 7.58. The molecular weight excluding hydrogens is 593 g/mol. The zero-order valence-electron chi connectivity index (χ0n) is 26.6. The number of aromatic nitrogens is 2. The van der Waals surface area contributed by atoms with E-state index in [4.69, 9.17) is 23.7 Å². The number of carbonyl (C=O) groups excluding carboxylic acids is 1. The number of carbonyl (C=O) groups is 1. The molecule has 1 atom stereocenters. The Balaban J connectivity index is 1.41. The van der Waals surface area contributed by atoms with E-state index in [-0.39, 0.29) is 23.3 Å². The number of anilines is 4. The van der Waals surface area contributed by atoms with Crippen LogP contribution >= 0.6 is 0 Å². The number of amides is 1. The number of aryl methyl sites for hydroxylation is 1. The molecule has 1 saturated heterocycles. The molecule has 0 radical (unpaired) electrons. The van der Waals surface area contributed by atoms with E-state index in [1.165, 1.54) is 38.5 Å². The minimum absolute atomic E-state index is 0.120. The number of ether oxygens (including phenoxy) is 5. The topological polar surface area (TPSA) is 108 Å². The van der Waals surface area contributed by atoms with Crippen LogP contribution in [0.2, 0.25) is 0 Å². The third kappa shape index (κ3) is 7.75. The molecule has 2 heterocycles. The number of nitrogens with zero attached hydrogens (tertiary/aromatic N) is 4. The smallest absolute Gasteiger partial charge is 0.425 e. The van der Waals surface area contributed by atoms with Crippen LogP contribution < -0.4 is 33.9 Å². The predicted octanol–water partition coefficient (Wildman–Crippen LogP) is 6.75. The summed E-state index contributed by atoms with van der Waals surface area (Å²) in [5.74, 6) is 1.78. The van der Waals surface area contributed by atoms with Gasteiger partial charge in [0.05, 0.1) is 33.6 Å². The molecule has 0 aliphatic carbocycles. The van der Waals surface area contributed by atoms with E-state index < -0.39 is 11.9 Å². The van der Waals surface area contributed by atoms with Crippen molar-refractivity contribution in [2.45, 2.75) is 19.8 Å². The van der Waals surface area contributed by atoms with Gasteiger partial charge in [0.1, 0.15) is 17.3 Å². The molecule has 242 valence electrons. The molecule has 1 aromatic heterocycles. The van der Waals surface area contributed by atoms with Gasteiger partial charge in [0, 0.05) is 42.5 Å².